The van der Waals surface area contributed by atoms with Gasteiger partial charge in [-0.25, -0.2) is 0 Å². The van der Waals surface area contributed by atoms with Crippen molar-refractivity contribution in [3.05, 3.63) is 35.4 Å². The van der Waals surface area contributed by atoms with Crippen molar-refractivity contribution in [3.63, 3.8) is 0 Å². The summed E-state index contributed by atoms with van der Waals surface area (Å²) < 4.78 is 43.9. The number of morpholine rings is 1. The van der Waals surface area contributed by atoms with E-state index < -0.39 is 29.5 Å². The van der Waals surface area contributed by atoms with Crippen molar-refractivity contribution in [1.29, 1.82) is 0 Å². The highest BCUT2D eigenvalue weighted by atomic mass is 19.4. The predicted molar refractivity (Wildman–Crippen MR) is 85.9 cm³/mol. The van der Waals surface area contributed by atoms with Crippen molar-refractivity contribution >= 4 is 11.7 Å². The van der Waals surface area contributed by atoms with Crippen molar-refractivity contribution in [3.8, 4) is 0 Å². The molecule has 0 aromatic heterocycles. The Morgan fingerprint density at radius 2 is 2.04 bits per heavy atom. The third kappa shape index (κ3) is 5.56. The number of nitrogens with zero attached hydrogens (tertiary/aromatic N) is 1. The lowest BCUT2D eigenvalue weighted by Crippen LogP contribution is -2.48. The van der Waals surface area contributed by atoms with E-state index in [-0.39, 0.29) is 31.9 Å². The monoisotopic (exact) mass is 357 g/mol. The molecule has 0 radical (unpaired) electrons. The third-order valence-electron chi connectivity index (χ3n) is 3.98. The van der Waals surface area contributed by atoms with Gasteiger partial charge in [-0.2, -0.15) is 13.2 Å². The second-order valence-corrected chi connectivity index (χ2v) is 6.67. The number of carbonyl (C=O) groups excluding carboxylic acids is 2. The molecule has 1 heterocycles. The summed E-state index contributed by atoms with van der Waals surface area (Å²) in [4.78, 5) is 25.5. The number of amides is 1. The molecule has 0 spiro atoms. The van der Waals surface area contributed by atoms with Crippen LogP contribution in [0.5, 0.6) is 0 Å². The van der Waals surface area contributed by atoms with Crippen molar-refractivity contribution in [2.24, 2.45) is 5.92 Å². The zero-order chi connectivity index (χ0) is 18.6. The molecule has 7 heteroatoms. The molecule has 0 N–H and O–H groups in total. The van der Waals surface area contributed by atoms with Gasteiger partial charge in [-0.05, 0) is 17.5 Å². The standard InChI is InChI=1S/C18H22F3NO3/c1-12(2)8-16(23)17(24)22-6-7-25-15(11-22)10-13-4-3-5-14(9-13)18(19,20)21/h3-5,9,12,15H,6-8,10-11H2,1-2H3/t15-/m1/s1. The zero-order valence-electron chi connectivity index (χ0n) is 14.3. The lowest BCUT2D eigenvalue weighted by Gasteiger charge is -2.32. The number of ether oxygens (including phenoxy) is 1. The molecule has 1 saturated heterocycles. The molecule has 1 aliphatic heterocycles. The number of rotatable bonds is 5. The van der Waals surface area contributed by atoms with Crippen LogP contribution in [0.2, 0.25) is 0 Å². The van der Waals surface area contributed by atoms with E-state index in [1.54, 1.807) is 6.07 Å². The Morgan fingerprint density at radius 3 is 2.68 bits per heavy atom. The Bertz CT molecular complexity index is 628. The van der Waals surface area contributed by atoms with Crippen LogP contribution in [-0.4, -0.2) is 42.4 Å². The highest BCUT2D eigenvalue weighted by molar-refractivity contribution is 6.36. The lowest BCUT2D eigenvalue weighted by atomic mass is 10.0. The van der Waals surface area contributed by atoms with E-state index >= 15 is 0 Å². The van der Waals surface area contributed by atoms with Gasteiger partial charge in [-0.3, -0.25) is 9.59 Å². The molecule has 1 amide bonds. The summed E-state index contributed by atoms with van der Waals surface area (Å²) in [7, 11) is 0. The first-order valence-electron chi connectivity index (χ1n) is 8.26. The molecular formula is C18H22F3NO3. The molecule has 1 fully saturated rings. The summed E-state index contributed by atoms with van der Waals surface area (Å²) in [6.45, 7) is 4.52. The van der Waals surface area contributed by atoms with Gasteiger partial charge in [0, 0.05) is 25.9 Å². The number of alkyl halides is 3. The number of carbonyl (C=O) groups is 2. The van der Waals surface area contributed by atoms with Crippen LogP contribution in [0.15, 0.2) is 24.3 Å². The Morgan fingerprint density at radius 1 is 1.32 bits per heavy atom. The Labute approximate surface area is 144 Å². The molecule has 0 bridgehead atoms. The minimum Gasteiger partial charge on any atom is -0.374 e. The molecule has 138 valence electrons. The number of benzene rings is 1. The molecule has 0 saturated carbocycles. The topological polar surface area (TPSA) is 46.6 Å². The van der Waals surface area contributed by atoms with Crippen molar-refractivity contribution in [2.75, 3.05) is 19.7 Å². The Balaban J connectivity index is 2.00. The van der Waals surface area contributed by atoms with Crippen LogP contribution in [0.1, 0.15) is 31.4 Å². The van der Waals surface area contributed by atoms with E-state index in [9.17, 15) is 22.8 Å². The molecule has 0 unspecified atom stereocenters. The van der Waals surface area contributed by atoms with Crippen LogP contribution in [0.3, 0.4) is 0 Å². The van der Waals surface area contributed by atoms with Crippen LogP contribution in [0, 0.1) is 5.92 Å². The Hall–Kier alpha value is -1.89. The largest absolute Gasteiger partial charge is 0.416 e. The van der Waals surface area contributed by atoms with E-state index in [1.165, 1.54) is 11.0 Å². The highest BCUT2D eigenvalue weighted by Crippen LogP contribution is 2.30. The fraction of sp³-hybridized carbons (Fsp3) is 0.556. The zero-order valence-corrected chi connectivity index (χ0v) is 14.3. The summed E-state index contributed by atoms with van der Waals surface area (Å²) in [5, 5.41) is 0. The van der Waals surface area contributed by atoms with Gasteiger partial charge >= 0.3 is 6.18 Å². The van der Waals surface area contributed by atoms with E-state index in [2.05, 4.69) is 0 Å². The summed E-state index contributed by atoms with van der Waals surface area (Å²) in [5.41, 5.74) is -0.219. The molecule has 25 heavy (non-hydrogen) atoms. The molecular weight excluding hydrogens is 335 g/mol. The normalized spacial score (nSPS) is 18.5. The highest BCUT2D eigenvalue weighted by Gasteiger charge is 2.31. The first-order chi connectivity index (χ1) is 11.7. The fourth-order valence-electron chi connectivity index (χ4n) is 2.80. The van der Waals surface area contributed by atoms with Crippen molar-refractivity contribution in [1.82, 2.24) is 4.90 Å². The van der Waals surface area contributed by atoms with Crippen LogP contribution >= 0.6 is 0 Å². The minimum atomic E-state index is -4.39. The quantitative estimate of drug-likeness (QED) is 0.761. The number of Topliss-reactive ketones (excluding diaryl/α,β-unsaturated/α-hetero) is 1. The van der Waals surface area contributed by atoms with Gasteiger partial charge in [0.2, 0.25) is 5.78 Å². The molecule has 2 rings (SSSR count). The Kier molecular flexibility index (Phi) is 6.21. The van der Waals surface area contributed by atoms with E-state index in [4.69, 9.17) is 4.74 Å². The first kappa shape index (κ1) is 19.4. The summed E-state index contributed by atoms with van der Waals surface area (Å²) in [6.07, 6.45) is -4.37. The van der Waals surface area contributed by atoms with Gasteiger partial charge in [0.15, 0.2) is 0 Å². The van der Waals surface area contributed by atoms with Crippen molar-refractivity contribution in [2.45, 2.75) is 39.0 Å². The summed E-state index contributed by atoms with van der Waals surface area (Å²) >= 11 is 0. The van der Waals surface area contributed by atoms with Crippen LogP contribution in [0.25, 0.3) is 0 Å². The molecule has 1 aliphatic rings. The second kappa shape index (κ2) is 7.99. The molecule has 1 aromatic rings. The van der Waals surface area contributed by atoms with Gasteiger partial charge in [0.05, 0.1) is 18.3 Å². The van der Waals surface area contributed by atoms with Gasteiger partial charge in [0.25, 0.3) is 5.91 Å². The average molecular weight is 357 g/mol. The minimum absolute atomic E-state index is 0.0957. The maximum absolute atomic E-state index is 12.8. The van der Waals surface area contributed by atoms with Gasteiger partial charge < -0.3 is 9.64 Å². The average Bonchev–Trinajstić information content (AvgIpc) is 2.53. The van der Waals surface area contributed by atoms with E-state index in [1.807, 2.05) is 13.8 Å². The molecule has 1 atom stereocenters. The van der Waals surface area contributed by atoms with E-state index in [0.717, 1.165) is 12.1 Å². The maximum atomic E-state index is 12.8. The maximum Gasteiger partial charge on any atom is 0.416 e. The fourth-order valence-corrected chi connectivity index (χ4v) is 2.80. The van der Waals surface area contributed by atoms with Crippen molar-refractivity contribution < 1.29 is 27.5 Å². The SMILES string of the molecule is CC(C)CC(=O)C(=O)N1CCO[C@H](Cc2cccc(C(F)(F)F)c2)C1. The summed E-state index contributed by atoms with van der Waals surface area (Å²) in [6, 6.07) is 5.07. The van der Waals surface area contributed by atoms with Gasteiger partial charge in [0.1, 0.15) is 0 Å². The van der Waals surface area contributed by atoms with Gasteiger partial charge in [-0.15, -0.1) is 0 Å². The smallest absolute Gasteiger partial charge is 0.374 e. The number of halogens is 3. The molecule has 1 aromatic carbocycles. The van der Waals surface area contributed by atoms with Crippen LogP contribution in [-0.2, 0) is 26.9 Å². The lowest BCUT2D eigenvalue weighted by molar-refractivity contribution is -0.149. The van der Waals surface area contributed by atoms with Crippen LogP contribution in [0.4, 0.5) is 13.2 Å². The first-order valence-corrected chi connectivity index (χ1v) is 8.26. The number of ketones is 1. The molecule has 0 aliphatic carbocycles. The second-order valence-electron chi connectivity index (χ2n) is 6.67. The third-order valence-corrected chi connectivity index (χ3v) is 3.98. The molecule has 4 nitrogen and oxygen atoms in total. The van der Waals surface area contributed by atoms with Crippen LogP contribution < -0.4 is 0 Å². The number of hydrogen-bond donors (Lipinski definition) is 0. The van der Waals surface area contributed by atoms with Gasteiger partial charge in [-0.1, -0.05) is 32.0 Å². The number of hydrogen-bond acceptors (Lipinski definition) is 3. The predicted octanol–water partition coefficient (Wildman–Crippen LogP) is 3.09. The van der Waals surface area contributed by atoms with E-state index in [0.29, 0.717) is 12.1 Å². The summed E-state index contributed by atoms with van der Waals surface area (Å²) in [5.74, 6) is -0.876.